The van der Waals surface area contributed by atoms with Crippen molar-refractivity contribution in [1.82, 2.24) is 23.7 Å². The van der Waals surface area contributed by atoms with E-state index in [9.17, 15) is 0 Å². The molecular weight excluding hydrogens is 743 g/mol. The van der Waals surface area contributed by atoms with Crippen LogP contribution in [0.2, 0.25) is 0 Å². The van der Waals surface area contributed by atoms with Gasteiger partial charge in [0.15, 0.2) is 5.82 Å². The second kappa shape index (κ2) is 14.4. The van der Waals surface area contributed by atoms with Crippen LogP contribution in [0.3, 0.4) is 0 Å². The van der Waals surface area contributed by atoms with Crippen molar-refractivity contribution >= 4 is 49.6 Å². The van der Waals surface area contributed by atoms with Crippen LogP contribution in [0.5, 0.6) is 0 Å². The Hall–Kier alpha value is -8.02. The molecule has 11 aromatic rings. The summed E-state index contributed by atoms with van der Waals surface area (Å²) in [6, 6.07) is 70.9. The first-order chi connectivity index (χ1) is 30.3. The van der Waals surface area contributed by atoms with Crippen molar-refractivity contribution in [3.8, 4) is 45.3 Å². The van der Waals surface area contributed by atoms with Gasteiger partial charge in [-0.25, -0.2) is 9.97 Å². The van der Waals surface area contributed by atoms with E-state index in [1.165, 1.54) is 55.1 Å². The van der Waals surface area contributed by atoms with Crippen LogP contribution in [0.25, 0.3) is 94.8 Å². The monoisotopic (exact) mass is 781 g/mol. The molecule has 0 saturated carbocycles. The zero-order valence-electron chi connectivity index (χ0n) is 33.3. The minimum absolute atomic E-state index is 0.233. The van der Waals surface area contributed by atoms with Gasteiger partial charge in [0.2, 0.25) is 0 Å². The fourth-order valence-electron chi connectivity index (χ4n) is 9.39. The van der Waals surface area contributed by atoms with Gasteiger partial charge < -0.3 is 13.7 Å². The van der Waals surface area contributed by atoms with Gasteiger partial charge in [0.05, 0.1) is 44.5 Å². The van der Waals surface area contributed by atoms with E-state index in [0.717, 1.165) is 51.7 Å². The van der Waals surface area contributed by atoms with Gasteiger partial charge in [-0.05, 0) is 60.5 Å². The van der Waals surface area contributed by atoms with Crippen LogP contribution in [-0.2, 0) is 0 Å². The van der Waals surface area contributed by atoms with Gasteiger partial charge in [0.25, 0.3) is 0 Å². The Balaban J connectivity index is 0.971. The predicted octanol–water partition coefficient (Wildman–Crippen LogP) is 14.1. The molecule has 61 heavy (non-hydrogen) atoms. The Bertz CT molecular complexity index is 3410. The van der Waals surface area contributed by atoms with Crippen molar-refractivity contribution in [2.75, 3.05) is 0 Å². The SMILES string of the molecule is C1=CC(c2ccc(-c3nc(-c4ccccc4)cc(-c4ccccc4)n3)cc2)CC=C1n1c2ccccc2c2c1c1c(c3ccccc3n1-c1ccccc1)n2-c1ccccc1. The summed E-state index contributed by atoms with van der Waals surface area (Å²) >= 11 is 0. The standard InChI is InChI=1S/C56H39N5/c1-5-17-40(18-6-1)48-37-49(41-19-7-2-8-20-41)58-56(57-48)42-31-29-38(30-32-42)39-33-35-45(36-34-39)60-51-28-16-14-26-47(51)53-55(60)54-52(61(53)44-23-11-4-12-24-44)46-25-13-15-27-50(46)59(54)43-21-9-3-10-22-43/h1-33,35-37,39H,34H2. The summed E-state index contributed by atoms with van der Waals surface area (Å²) in [7, 11) is 0. The van der Waals surface area contributed by atoms with Crippen LogP contribution in [0.1, 0.15) is 17.9 Å². The average molecular weight is 782 g/mol. The van der Waals surface area contributed by atoms with Crippen LogP contribution in [0.15, 0.2) is 218 Å². The maximum absolute atomic E-state index is 5.07. The minimum Gasteiger partial charge on any atom is -0.306 e. The largest absolute Gasteiger partial charge is 0.306 e. The molecule has 0 saturated heterocycles. The Morgan fingerprint density at radius 2 is 0.885 bits per heavy atom. The topological polar surface area (TPSA) is 40.6 Å². The molecule has 1 atom stereocenters. The lowest BCUT2D eigenvalue weighted by Crippen LogP contribution is -2.03. The normalized spacial score (nSPS) is 14.0. The molecule has 5 nitrogen and oxygen atoms in total. The number of rotatable bonds is 7. The number of hydrogen-bond donors (Lipinski definition) is 0. The summed E-state index contributed by atoms with van der Waals surface area (Å²) in [5.74, 6) is 0.953. The highest BCUT2D eigenvalue weighted by Crippen LogP contribution is 2.46. The lowest BCUT2D eigenvalue weighted by atomic mass is 9.91. The first-order valence-corrected chi connectivity index (χ1v) is 21.0. The van der Waals surface area contributed by atoms with Crippen molar-refractivity contribution in [2.45, 2.75) is 12.3 Å². The summed E-state index contributed by atoms with van der Waals surface area (Å²) in [5, 5.41) is 2.45. The first-order valence-electron chi connectivity index (χ1n) is 21.0. The number of allylic oxidation sites excluding steroid dienone is 4. The Morgan fingerprint density at radius 3 is 1.43 bits per heavy atom. The zero-order valence-corrected chi connectivity index (χ0v) is 33.3. The van der Waals surface area contributed by atoms with Gasteiger partial charge >= 0.3 is 0 Å². The quantitative estimate of drug-likeness (QED) is 0.162. The van der Waals surface area contributed by atoms with Crippen LogP contribution in [0, 0.1) is 0 Å². The Labute approximate surface area is 353 Å². The number of benzene rings is 7. The van der Waals surface area contributed by atoms with E-state index < -0.39 is 0 Å². The van der Waals surface area contributed by atoms with E-state index in [-0.39, 0.29) is 5.92 Å². The third-order valence-corrected chi connectivity index (χ3v) is 12.2. The van der Waals surface area contributed by atoms with E-state index in [0.29, 0.717) is 0 Å². The summed E-state index contributed by atoms with van der Waals surface area (Å²) in [6.07, 6.45) is 8.00. The minimum atomic E-state index is 0.233. The van der Waals surface area contributed by atoms with Gasteiger partial charge in [-0.3, -0.25) is 0 Å². The third-order valence-electron chi connectivity index (χ3n) is 12.2. The number of nitrogens with zero attached hydrogens (tertiary/aromatic N) is 5. The number of hydrogen-bond acceptors (Lipinski definition) is 2. The summed E-state index contributed by atoms with van der Waals surface area (Å²) in [6.45, 7) is 0. The Kier molecular flexibility index (Phi) is 8.23. The smallest absolute Gasteiger partial charge is 0.160 e. The highest BCUT2D eigenvalue weighted by Gasteiger charge is 2.28. The molecule has 4 heterocycles. The molecule has 0 aliphatic heterocycles. The van der Waals surface area contributed by atoms with Crippen molar-refractivity contribution in [2.24, 2.45) is 0 Å². The summed E-state index contributed by atoms with van der Waals surface area (Å²) < 4.78 is 7.45. The van der Waals surface area contributed by atoms with Gasteiger partial charge in [-0.2, -0.15) is 0 Å². The van der Waals surface area contributed by atoms with Crippen molar-refractivity contribution in [1.29, 1.82) is 0 Å². The molecule has 1 unspecified atom stereocenters. The predicted molar refractivity (Wildman–Crippen MR) is 252 cm³/mol. The molecule has 7 aromatic carbocycles. The highest BCUT2D eigenvalue weighted by atomic mass is 15.1. The van der Waals surface area contributed by atoms with E-state index in [4.69, 9.17) is 9.97 Å². The number of fused-ring (bicyclic) bond motifs is 7. The molecule has 0 fully saturated rings. The van der Waals surface area contributed by atoms with Gasteiger partial charge in [-0.15, -0.1) is 0 Å². The first kappa shape index (κ1) is 35.0. The van der Waals surface area contributed by atoms with Gasteiger partial charge in [0, 0.05) is 50.5 Å². The van der Waals surface area contributed by atoms with Crippen LogP contribution in [-0.4, -0.2) is 23.7 Å². The Morgan fingerprint density at radius 1 is 0.410 bits per heavy atom. The second-order valence-electron chi connectivity index (χ2n) is 15.8. The van der Waals surface area contributed by atoms with E-state index >= 15 is 0 Å². The van der Waals surface area contributed by atoms with Crippen LogP contribution in [0.4, 0.5) is 0 Å². The number of para-hydroxylation sites is 4. The summed E-state index contributed by atoms with van der Waals surface area (Å²) in [4.78, 5) is 10.1. The molecule has 0 radical (unpaired) electrons. The molecule has 288 valence electrons. The maximum atomic E-state index is 5.07. The van der Waals surface area contributed by atoms with Crippen LogP contribution < -0.4 is 0 Å². The lowest BCUT2D eigenvalue weighted by Gasteiger charge is -2.19. The lowest BCUT2D eigenvalue weighted by molar-refractivity contribution is 0.850. The molecule has 4 aromatic heterocycles. The molecule has 12 rings (SSSR count). The van der Waals surface area contributed by atoms with E-state index in [1.54, 1.807) is 0 Å². The van der Waals surface area contributed by atoms with Crippen LogP contribution >= 0.6 is 0 Å². The molecule has 1 aliphatic rings. The highest BCUT2D eigenvalue weighted by molar-refractivity contribution is 6.26. The van der Waals surface area contributed by atoms with E-state index in [1.807, 2.05) is 12.1 Å². The molecule has 0 amide bonds. The van der Waals surface area contributed by atoms with Crippen molar-refractivity contribution < 1.29 is 0 Å². The molecular formula is C56H39N5. The van der Waals surface area contributed by atoms with Gasteiger partial charge in [0.1, 0.15) is 0 Å². The zero-order chi connectivity index (χ0) is 40.3. The fourth-order valence-corrected chi connectivity index (χ4v) is 9.39. The molecule has 0 spiro atoms. The second-order valence-corrected chi connectivity index (χ2v) is 15.8. The maximum Gasteiger partial charge on any atom is 0.160 e. The third kappa shape index (κ3) is 5.77. The average Bonchev–Trinajstić information content (AvgIpc) is 3.98. The van der Waals surface area contributed by atoms with E-state index in [2.05, 4.69) is 220 Å². The fraction of sp³-hybridized carbons (Fsp3) is 0.0357. The molecule has 0 bridgehead atoms. The molecule has 0 N–H and O–H groups in total. The molecule has 1 aliphatic carbocycles. The van der Waals surface area contributed by atoms with Crippen molar-refractivity contribution in [3.63, 3.8) is 0 Å². The van der Waals surface area contributed by atoms with Gasteiger partial charge in [-0.1, -0.05) is 170 Å². The van der Waals surface area contributed by atoms with Crippen molar-refractivity contribution in [3.05, 3.63) is 224 Å². The number of aromatic nitrogens is 5. The summed E-state index contributed by atoms with van der Waals surface area (Å²) in [5.41, 5.74) is 16.9. The molecule has 5 heteroatoms.